The van der Waals surface area contributed by atoms with E-state index in [2.05, 4.69) is 34.4 Å². The Morgan fingerprint density at radius 1 is 1.32 bits per heavy atom. The van der Waals surface area contributed by atoms with Crippen LogP contribution in [0, 0.1) is 6.92 Å². The number of aromatic nitrogens is 2. The van der Waals surface area contributed by atoms with Crippen LogP contribution in [0.5, 0.6) is 0 Å². The van der Waals surface area contributed by atoms with Crippen molar-refractivity contribution in [3.63, 3.8) is 0 Å². The Morgan fingerprint density at radius 2 is 1.95 bits per heavy atom. The van der Waals surface area contributed by atoms with Gasteiger partial charge in [-0.15, -0.1) is 0 Å². The number of rotatable bonds is 7. The zero-order chi connectivity index (χ0) is 14.5. The van der Waals surface area contributed by atoms with E-state index >= 15 is 0 Å². The fourth-order valence-electron chi connectivity index (χ4n) is 1.60. The van der Waals surface area contributed by atoms with Gasteiger partial charge in [-0.05, 0) is 40.5 Å². The van der Waals surface area contributed by atoms with Crippen molar-refractivity contribution in [2.45, 2.75) is 59.0 Å². The van der Waals surface area contributed by atoms with Crippen LogP contribution in [0.15, 0.2) is 6.07 Å². The largest absolute Gasteiger partial charge is 0.370 e. The molecule has 1 atom stereocenters. The molecule has 0 radical (unpaired) electrons. The van der Waals surface area contributed by atoms with E-state index in [-0.39, 0.29) is 5.54 Å². The van der Waals surface area contributed by atoms with Crippen molar-refractivity contribution < 1.29 is 0 Å². The molecule has 0 bridgehead atoms. The first-order valence-corrected chi connectivity index (χ1v) is 6.95. The molecule has 0 aliphatic carbocycles. The third kappa shape index (κ3) is 6.38. The van der Waals surface area contributed by atoms with E-state index in [0.29, 0.717) is 6.04 Å². The van der Waals surface area contributed by atoms with Crippen molar-refractivity contribution in [3.8, 4) is 0 Å². The number of aryl methyl sites for hydroxylation is 1. The minimum Gasteiger partial charge on any atom is -0.370 e. The highest BCUT2D eigenvalue weighted by atomic mass is 15.1. The third-order valence-electron chi connectivity index (χ3n) is 2.92. The van der Waals surface area contributed by atoms with Crippen LogP contribution in [-0.4, -0.2) is 28.1 Å². The lowest BCUT2D eigenvalue weighted by Gasteiger charge is -2.19. The number of hydrogen-bond acceptors (Lipinski definition) is 5. The molecule has 1 aromatic heterocycles. The number of nitrogens with one attached hydrogen (secondary N) is 2. The van der Waals surface area contributed by atoms with Crippen molar-refractivity contribution in [2.75, 3.05) is 17.2 Å². The Bertz CT molecular complexity index is 397. The molecule has 0 aromatic carbocycles. The van der Waals surface area contributed by atoms with Crippen LogP contribution in [0.4, 0.5) is 11.6 Å². The number of anilines is 2. The SMILES string of the molecule is CCC(C)Nc1cc(NCCC(C)(C)N)nc(C)n1. The van der Waals surface area contributed by atoms with E-state index in [1.165, 1.54) is 0 Å². The van der Waals surface area contributed by atoms with Gasteiger partial charge in [0.05, 0.1) is 0 Å². The molecule has 1 heterocycles. The van der Waals surface area contributed by atoms with Crippen LogP contribution >= 0.6 is 0 Å². The normalized spacial score (nSPS) is 13.2. The maximum atomic E-state index is 5.96. The minimum absolute atomic E-state index is 0.160. The van der Waals surface area contributed by atoms with Crippen molar-refractivity contribution >= 4 is 11.6 Å². The fraction of sp³-hybridized carbons (Fsp3) is 0.714. The topological polar surface area (TPSA) is 75.9 Å². The summed E-state index contributed by atoms with van der Waals surface area (Å²) in [5, 5.41) is 6.67. The van der Waals surface area contributed by atoms with E-state index in [1.54, 1.807) is 0 Å². The average Bonchev–Trinajstić information content (AvgIpc) is 2.26. The van der Waals surface area contributed by atoms with E-state index in [9.17, 15) is 0 Å². The molecule has 0 spiro atoms. The second-order valence-corrected chi connectivity index (χ2v) is 5.80. The summed E-state index contributed by atoms with van der Waals surface area (Å²) in [6, 6.07) is 2.35. The van der Waals surface area contributed by atoms with Gasteiger partial charge >= 0.3 is 0 Å². The second kappa shape index (κ2) is 6.70. The molecule has 0 saturated heterocycles. The number of nitrogens with zero attached hydrogens (tertiary/aromatic N) is 2. The smallest absolute Gasteiger partial charge is 0.132 e. The summed E-state index contributed by atoms with van der Waals surface area (Å²) in [5.74, 6) is 2.49. The lowest BCUT2D eigenvalue weighted by Crippen LogP contribution is -2.34. The molecule has 1 rings (SSSR count). The molecule has 5 heteroatoms. The summed E-state index contributed by atoms with van der Waals surface area (Å²) in [6.07, 6.45) is 1.96. The monoisotopic (exact) mass is 265 g/mol. The van der Waals surface area contributed by atoms with Crippen LogP contribution in [0.2, 0.25) is 0 Å². The molecule has 1 aromatic rings. The van der Waals surface area contributed by atoms with Crippen LogP contribution in [0.1, 0.15) is 46.4 Å². The highest BCUT2D eigenvalue weighted by molar-refractivity contribution is 5.47. The molecule has 4 N–H and O–H groups in total. The molecule has 1 unspecified atom stereocenters. The standard InChI is InChI=1S/C14H27N5/c1-6-10(2)17-13-9-12(18-11(3)19-13)16-8-7-14(4,5)15/h9-10H,6-8,15H2,1-5H3,(H2,16,17,18,19). The first-order valence-electron chi connectivity index (χ1n) is 6.95. The van der Waals surface area contributed by atoms with Crippen molar-refractivity contribution in [1.29, 1.82) is 0 Å². The fourth-order valence-corrected chi connectivity index (χ4v) is 1.60. The van der Waals surface area contributed by atoms with Crippen LogP contribution in [0.25, 0.3) is 0 Å². The lowest BCUT2D eigenvalue weighted by molar-refractivity contribution is 0.490. The molecule has 19 heavy (non-hydrogen) atoms. The molecule has 108 valence electrons. The van der Waals surface area contributed by atoms with Crippen LogP contribution in [-0.2, 0) is 0 Å². The van der Waals surface area contributed by atoms with E-state index < -0.39 is 0 Å². The zero-order valence-electron chi connectivity index (χ0n) is 12.7. The summed E-state index contributed by atoms with van der Waals surface area (Å²) < 4.78 is 0. The van der Waals surface area contributed by atoms with Crippen molar-refractivity contribution in [2.24, 2.45) is 5.73 Å². The highest BCUT2D eigenvalue weighted by Gasteiger charge is 2.10. The van der Waals surface area contributed by atoms with Gasteiger partial charge in [0.2, 0.25) is 0 Å². The molecular formula is C14H27N5. The quantitative estimate of drug-likeness (QED) is 0.706. The summed E-state index contributed by atoms with van der Waals surface area (Å²) in [4.78, 5) is 8.78. The first kappa shape index (κ1) is 15.7. The Hall–Kier alpha value is -1.36. The highest BCUT2D eigenvalue weighted by Crippen LogP contribution is 2.13. The molecule has 0 fully saturated rings. The van der Waals surface area contributed by atoms with E-state index in [4.69, 9.17) is 5.73 Å². The minimum atomic E-state index is -0.160. The number of nitrogens with two attached hydrogens (primary N) is 1. The van der Waals surface area contributed by atoms with Crippen molar-refractivity contribution in [3.05, 3.63) is 11.9 Å². The molecular weight excluding hydrogens is 238 g/mol. The third-order valence-corrected chi connectivity index (χ3v) is 2.92. The summed E-state index contributed by atoms with van der Waals surface area (Å²) in [6.45, 7) is 11.0. The number of hydrogen-bond donors (Lipinski definition) is 3. The van der Waals surface area contributed by atoms with Gasteiger partial charge in [-0.25, -0.2) is 9.97 Å². The van der Waals surface area contributed by atoms with Crippen molar-refractivity contribution in [1.82, 2.24) is 9.97 Å². The molecule has 5 nitrogen and oxygen atoms in total. The predicted molar refractivity (Wildman–Crippen MR) is 81.5 cm³/mol. The second-order valence-electron chi connectivity index (χ2n) is 5.80. The predicted octanol–water partition coefficient (Wildman–Crippen LogP) is 2.53. The maximum Gasteiger partial charge on any atom is 0.132 e. The van der Waals surface area contributed by atoms with Gasteiger partial charge in [-0.3, -0.25) is 0 Å². The van der Waals surface area contributed by atoms with Gasteiger partial charge in [-0.1, -0.05) is 6.92 Å². The lowest BCUT2D eigenvalue weighted by atomic mass is 10.0. The Kier molecular flexibility index (Phi) is 5.54. The maximum absolute atomic E-state index is 5.96. The van der Waals surface area contributed by atoms with Gasteiger partial charge in [0, 0.05) is 24.2 Å². The van der Waals surface area contributed by atoms with Crippen LogP contribution < -0.4 is 16.4 Å². The molecule has 0 saturated carbocycles. The van der Waals surface area contributed by atoms with Crippen LogP contribution in [0.3, 0.4) is 0 Å². The summed E-state index contributed by atoms with van der Waals surface area (Å²) >= 11 is 0. The van der Waals surface area contributed by atoms with Gasteiger partial charge in [-0.2, -0.15) is 0 Å². The molecule has 0 aliphatic rings. The van der Waals surface area contributed by atoms with E-state index in [1.807, 2.05) is 26.8 Å². The zero-order valence-corrected chi connectivity index (χ0v) is 12.7. The molecule has 0 aliphatic heterocycles. The Balaban J connectivity index is 2.63. The van der Waals surface area contributed by atoms with E-state index in [0.717, 1.165) is 36.8 Å². The van der Waals surface area contributed by atoms with Gasteiger partial charge < -0.3 is 16.4 Å². The Labute approximate surface area is 116 Å². The van der Waals surface area contributed by atoms with Gasteiger partial charge in [0.1, 0.15) is 17.5 Å². The molecule has 0 amide bonds. The first-order chi connectivity index (χ1) is 8.80. The van der Waals surface area contributed by atoms with Gasteiger partial charge in [0.25, 0.3) is 0 Å². The summed E-state index contributed by atoms with van der Waals surface area (Å²) in [5.41, 5.74) is 5.80. The average molecular weight is 265 g/mol. The summed E-state index contributed by atoms with van der Waals surface area (Å²) in [7, 11) is 0. The van der Waals surface area contributed by atoms with Gasteiger partial charge in [0.15, 0.2) is 0 Å². The Morgan fingerprint density at radius 3 is 2.53 bits per heavy atom.